The van der Waals surface area contributed by atoms with Crippen molar-refractivity contribution in [2.75, 3.05) is 26.3 Å². The predicted octanol–water partition coefficient (Wildman–Crippen LogP) is 0.348. The lowest BCUT2D eigenvalue weighted by molar-refractivity contribution is -0.150. The Balaban J connectivity index is 2.14. The van der Waals surface area contributed by atoms with Crippen LogP contribution in [0.3, 0.4) is 0 Å². The maximum Gasteiger partial charge on any atom is 0.313 e. The molecule has 1 fully saturated rings. The average molecular weight is 197 g/mol. The Hall–Kier alpha value is -0.870. The molecule has 2 rings (SSSR count). The van der Waals surface area contributed by atoms with Crippen molar-refractivity contribution in [2.24, 2.45) is 5.41 Å². The van der Waals surface area contributed by atoms with Gasteiger partial charge in [0, 0.05) is 13.1 Å². The number of rotatable bonds is 2. The molecule has 1 N–H and O–H groups in total. The molecule has 4 heteroatoms. The van der Waals surface area contributed by atoms with Gasteiger partial charge < -0.3 is 9.84 Å². The van der Waals surface area contributed by atoms with Crippen molar-refractivity contribution in [1.29, 1.82) is 0 Å². The fourth-order valence-corrected chi connectivity index (χ4v) is 2.12. The molecular weight excluding hydrogens is 182 g/mol. The quantitative estimate of drug-likeness (QED) is 0.649. The van der Waals surface area contributed by atoms with Gasteiger partial charge in [0.2, 0.25) is 0 Å². The fraction of sp³-hybridized carbons (Fsp3) is 0.700. The number of aliphatic carboxylic acids is 1. The first-order valence-electron chi connectivity index (χ1n) is 4.85. The van der Waals surface area contributed by atoms with Gasteiger partial charge in [0.25, 0.3) is 0 Å². The Labute approximate surface area is 83.2 Å². The Morgan fingerprint density at radius 1 is 1.57 bits per heavy atom. The summed E-state index contributed by atoms with van der Waals surface area (Å²) < 4.78 is 5.30. The summed E-state index contributed by atoms with van der Waals surface area (Å²) in [4.78, 5) is 13.3. The number of carbonyl (C=O) groups is 1. The minimum absolute atomic E-state index is 0.00926. The van der Waals surface area contributed by atoms with Gasteiger partial charge in [0.15, 0.2) is 0 Å². The summed E-state index contributed by atoms with van der Waals surface area (Å²) in [5, 5.41) is 9.18. The van der Waals surface area contributed by atoms with Crippen LogP contribution >= 0.6 is 0 Å². The molecule has 78 valence electrons. The highest BCUT2D eigenvalue weighted by atomic mass is 16.5. The molecule has 2 aliphatic rings. The van der Waals surface area contributed by atoms with Crippen molar-refractivity contribution < 1.29 is 14.6 Å². The monoisotopic (exact) mass is 197 g/mol. The number of ether oxygens (including phenoxy) is 1. The summed E-state index contributed by atoms with van der Waals surface area (Å²) in [5.41, 5.74) is -0.744. The van der Waals surface area contributed by atoms with E-state index < -0.39 is 11.4 Å². The van der Waals surface area contributed by atoms with E-state index in [0.29, 0.717) is 13.2 Å². The van der Waals surface area contributed by atoms with E-state index in [0.717, 1.165) is 13.1 Å². The van der Waals surface area contributed by atoms with Gasteiger partial charge in [-0.3, -0.25) is 9.69 Å². The zero-order valence-electron chi connectivity index (χ0n) is 8.27. The summed E-state index contributed by atoms with van der Waals surface area (Å²) >= 11 is 0. The van der Waals surface area contributed by atoms with E-state index in [9.17, 15) is 9.90 Å². The van der Waals surface area contributed by atoms with E-state index in [-0.39, 0.29) is 6.04 Å². The maximum absolute atomic E-state index is 11.2. The van der Waals surface area contributed by atoms with Crippen LogP contribution in [0.15, 0.2) is 12.2 Å². The normalized spacial score (nSPS) is 37.9. The van der Waals surface area contributed by atoms with Crippen molar-refractivity contribution in [1.82, 2.24) is 4.90 Å². The summed E-state index contributed by atoms with van der Waals surface area (Å²) in [5.74, 6) is -0.757. The molecule has 14 heavy (non-hydrogen) atoms. The van der Waals surface area contributed by atoms with Crippen LogP contribution in [0.4, 0.5) is 0 Å². The molecule has 2 aliphatic heterocycles. The zero-order chi connectivity index (χ0) is 10.2. The van der Waals surface area contributed by atoms with Gasteiger partial charge in [-0.05, 0) is 6.92 Å². The summed E-state index contributed by atoms with van der Waals surface area (Å²) in [6.45, 7) is 4.31. The maximum atomic E-state index is 11.2. The Kier molecular flexibility index (Phi) is 2.33. The summed E-state index contributed by atoms with van der Waals surface area (Å²) in [7, 11) is 0. The fourth-order valence-electron chi connectivity index (χ4n) is 2.12. The minimum Gasteiger partial charge on any atom is -0.481 e. The van der Waals surface area contributed by atoms with E-state index in [2.05, 4.69) is 17.1 Å². The molecular formula is C10H15NO3. The van der Waals surface area contributed by atoms with Gasteiger partial charge >= 0.3 is 5.97 Å². The third-order valence-corrected chi connectivity index (χ3v) is 3.19. The van der Waals surface area contributed by atoms with Crippen LogP contribution in [0.25, 0.3) is 0 Å². The van der Waals surface area contributed by atoms with Crippen LogP contribution < -0.4 is 0 Å². The second-order valence-corrected chi connectivity index (χ2v) is 4.18. The topological polar surface area (TPSA) is 49.8 Å². The first kappa shape index (κ1) is 9.68. The number of hydrogen-bond donors (Lipinski definition) is 1. The molecule has 0 aromatic heterocycles. The van der Waals surface area contributed by atoms with E-state index in [1.807, 2.05) is 0 Å². The lowest BCUT2D eigenvalue weighted by Crippen LogP contribution is -2.49. The van der Waals surface area contributed by atoms with Gasteiger partial charge in [-0.1, -0.05) is 12.2 Å². The third kappa shape index (κ3) is 1.35. The summed E-state index contributed by atoms with van der Waals surface area (Å²) in [6, 6.07) is 0.00926. The van der Waals surface area contributed by atoms with Crippen molar-refractivity contribution >= 4 is 5.97 Å². The molecule has 4 nitrogen and oxygen atoms in total. The van der Waals surface area contributed by atoms with E-state index in [4.69, 9.17) is 4.74 Å². The first-order chi connectivity index (χ1) is 6.64. The first-order valence-corrected chi connectivity index (χ1v) is 4.85. The number of carboxylic acid groups (broad SMARTS) is 1. The second kappa shape index (κ2) is 3.37. The van der Waals surface area contributed by atoms with Gasteiger partial charge in [0.1, 0.15) is 5.41 Å². The third-order valence-electron chi connectivity index (χ3n) is 3.19. The van der Waals surface area contributed by atoms with Crippen LogP contribution in [0, 0.1) is 5.41 Å². The standard InChI is InChI=1S/C10H15NO3/c1-10(9(12)13)7-14-6-8(10)11-4-2-3-5-11/h2-3,8H,4-7H2,1H3,(H,12,13). The van der Waals surface area contributed by atoms with E-state index in [1.165, 1.54) is 0 Å². The molecule has 0 aromatic rings. The largest absolute Gasteiger partial charge is 0.481 e. The van der Waals surface area contributed by atoms with Crippen molar-refractivity contribution in [3.05, 3.63) is 12.2 Å². The Morgan fingerprint density at radius 3 is 2.79 bits per heavy atom. The molecule has 1 saturated heterocycles. The molecule has 0 amide bonds. The molecule has 0 bridgehead atoms. The lowest BCUT2D eigenvalue weighted by Gasteiger charge is -2.32. The van der Waals surface area contributed by atoms with Crippen LogP contribution in [0.2, 0.25) is 0 Å². The van der Waals surface area contributed by atoms with Gasteiger partial charge in [-0.15, -0.1) is 0 Å². The second-order valence-electron chi connectivity index (χ2n) is 4.18. The summed E-state index contributed by atoms with van der Waals surface area (Å²) in [6.07, 6.45) is 4.14. The predicted molar refractivity (Wildman–Crippen MR) is 51.1 cm³/mol. The Bertz CT molecular complexity index is 269. The smallest absolute Gasteiger partial charge is 0.313 e. The molecule has 0 aliphatic carbocycles. The minimum atomic E-state index is -0.757. The van der Waals surface area contributed by atoms with Gasteiger partial charge in [0.05, 0.1) is 19.3 Å². The number of carboxylic acids is 1. The van der Waals surface area contributed by atoms with E-state index >= 15 is 0 Å². The molecule has 0 saturated carbocycles. The average Bonchev–Trinajstić information content (AvgIpc) is 2.72. The number of hydrogen-bond acceptors (Lipinski definition) is 3. The van der Waals surface area contributed by atoms with Crippen LogP contribution in [-0.4, -0.2) is 48.3 Å². The lowest BCUT2D eigenvalue weighted by atomic mass is 9.84. The van der Waals surface area contributed by atoms with Crippen molar-refractivity contribution in [3.8, 4) is 0 Å². The van der Waals surface area contributed by atoms with E-state index in [1.54, 1.807) is 6.92 Å². The Morgan fingerprint density at radius 2 is 2.21 bits per heavy atom. The molecule has 0 radical (unpaired) electrons. The van der Waals surface area contributed by atoms with Crippen LogP contribution in [-0.2, 0) is 9.53 Å². The van der Waals surface area contributed by atoms with Crippen LogP contribution in [0.5, 0.6) is 0 Å². The van der Waals surface area contributed by atoms with Crippen molar-refractivity contribution in [2.45, 2.75) is 13.0 Å². The zero-order valence-corrected chi connectivity index (χ0v) is 8.27. The molecule has 2 heterocycles. The van der Waals surface area contributed by atoms with Gasteiger partial charge in [-0.2, -0.15) is 0 Å². The number of nitrogens with zero attached hydrogens (tertiary/aromatic N) is 1. The molecule has 2 atom stereocenters. The van der Waals surface area contributed by atoms with Gasteiger partial charge in [-0.25, -0.2) is 0 Å². The highest BCUT2D eigenvalue weighted by molar-refractivity contribution is 5.75. The van der Waals surface area contributed by atoms with Crippen LogP contribution in [0.1, 0.15) is 6.92 Å². The molecule has 2 unspecified atom stereocenters. The SMILES string of the molecule is CC1(C(=O)O)COCC1N1CC=CC1. The highest BCUT2D eigenvalue weighted by Crippen LogP contribution is 2.33. The van der Waals surface area contributed by atoms with Crippen molar-refractivity contribution in [3.63, 3.8) is 0 Å². The highest BCUT2D eigenvalue weighted by Gasteiger charge is 2.49. The molecule has 0 aromatic carbocycles. The molecule has 0 spiro atoms.